The first-order chi connectivity index (χ1) is 14.8. The van der Waals surface area contributed by atoms with E-state index in [-0.39, 0.29) is 18.0 Å². The highest BCUT2D eigenvalue weighted by atomic mass is 32.2. The van der Waals surface area contributed by atoms with Crippen LogP contribution in [0, 0.1) is 5.82 Å². The zero-order valence-corrected chi connectivity index (χ0v) is 17.5. The van der Waals surface area contributed by atoms with Gasteiger partial charge in [-0.05, 0) is 61.4 Å². The molecule has 0 saturated carbocycles. The van der Waals surface area contributed by atoms with Crippen molar-refractivity contribution in [2.75, 3.05) is 31.1 Å². The van der Waals surface area contributed by atoms with Gasteiger partial charge in [0.1, 0.15) is 11.9 Å². The summed E-state index contributed by atoms with van der Waals surface area (Å²) in [5.74, 6) is -0.805. The molecule has 2 amide bonds. The number of ether oxygens (including phenoxy) is 1. The van der Waals surface area contributed by atoms with E-state index in [0.717, 1.165) is 12.8 Å². The van der Waals surface area contributed by atoms with Gasteiger partial charge in [0.15, 0.2) is 0 Å². The maximum absolute atomic E-state index is 13.1. The fourth-order valence-electron chi connectivity index (χ4n) is 3.62. The van der Waals surface area contributed by atoms with Crippen molar-refractivity contribution < 1.29 is 27.1 Å². The average molecular weight is 447 g/mol. The third kappa shape index (κ3) is 4.54. The standard InChI is InChI=1S/C21H22FN3O5S/c22-16-5-7-17(8-6-16)25-14-18(30-21(25)27)13-23-20(26)15-3-9-19(10-4-15)31(28,29)24-11-1-2-12-24/h3-10,18H,1-2,11-14H2,(H,23,26)/t18-/m0/s1. The molecule has 4 rings (SSSR count). The van der Waals surface area contributed by atoms with Gasteiger partial charge in [-0.1, -0.05) is 0 Å². The molecular weight excluding hydrogens is 425 g/mol. The quantitative estimate of drug-likeness (QED) is 0.734. The number of anilines is 1. The van der Waals surface area contributed by atoms with Gasteiger partial charge in [-0.15, -0.1) is 0 Å². The van der Waals surface area contributed by atoms with E-state index in [9.17, 15) is 22.4 Å². The molecule has 2 aromatic rings. The summed E-state index contributed by atoms with van der Waals surface area (Å²) in [6.07, 6.45) is 0.576. The average Bonchev–Trinajstić information content (AvgIpc) is 3.43. The normalized spacial score (nSPS) is 19.5. The molecule has 0 bridgehead atoms. The van der Waals surface area contributed by atoms with Gasteiger partial charge in [0.2, 0.25) is 10.0 Å². The number of halogens is 1. The molecule has 1 N–H and O–H groups in total. The summed E-state index contributed by atoms with van der Waals surface area (Å²) in [5, 5.41) is 2.69. The molecule has 0 aromatic heterocycles. The molecule has 164 valence electrons. The lowest BCUT2D eigenvalue weighted by atomic mass is 10.2. The topological polar surface area (TPSA) is 96.0 Å². The molecule has 2 heterocycles. The molecule has 0 radical (unpaired) electrons. The fraction of sp³-hybridized carbons (Fsp3) is 0.333. The van der Waals surface area contributed by atoms with Crippen molar-refractivity contribution in [3.8, 4) is 0 Å². The summed E-state index contributed by atoms with van der Waals surface area (Å²) in [6, 6.07) is 11.2. The highest BCUT2D eigenvalue weighted by molar-refractivity contribution is 7.89. The van der Waals surface area contributed by atoms with Crippen molar-refractivity contribution in [3.63, 3.8) is 0 Å². The first kappa shape index (κ1) is 21.3. The van der Waals surface area contributed by atoms with E-state index in [0.29, 0.717) is 24.3 Å². The van der Waals surface area contributed by atoms with E-state index >= 15 is 0 Å². The molecular formula is C21H22FN3O5S. The van der Waals surface area contributed by atoms with Crippen molar-refractivity contribution in [2.24, 2.45) is 0 Å². The lowest BCUT2D eigenvalue weighted by molar-refractivity contribution is 0.0916. The van der Waals surface area contributed by atoms with E-state index in [1.54, 1.807) is 0 Å². The minimum Gasteiger partial charge on any atom is -0.442 e. The summed E-state index contributed by atoms with van der Waals surface area (Å²) < 4.78 is 44.9. The predicted molar refractivity (Wildman–Crippen MR) is 111 cm³/mol. The van der Waals surface area contributed by atoms with E-state index in [4.69, 9.17) is 4.74 Å². The lowest BCUT2D eigenvalue weighted by Crippen LogP contribution is -2.34. The number of nitrogens with one attached hydrogen (secondary N) is 1. The minimum atomic E-state index is -3.53. The minimum absolute atomic E-state index is 0.0933. The van der Waals surface area contributed by atoms with Crippen LogP contribution in [0.1, 0.15) is 23.2 Å². The zero-order valence-electron chi connectivity index (χ0n) is 16.7. The lowest BCUT2D eigenvalue weighted by Gasteiger charge is -2.15. The van der Waals surface area contributed by atoms with E-state index in [1.807, 2.05) is 0 Å². The third-order valence-corrected chi connectivity index (χ3v) is 7.23. The monoisotopic (exact) mass is 447 g/mol. The molecule has 0 unspecified atom stereocenters. The van der Waals surface area contributed by atoms with Crippen molar-refractivity contribution in [1.29, 1.82) is 0 Å². The molecule has 31 heavy (non-hydrogen) atoms. The number of sulfonamides is 1. The number of carbonyl (C=O) groups excluding carboxylic acids is 2. The Morgan fingerprint density at radius 2 is 1.71 bits per heavy atom. The summed E-state index contributed by atoms with van der Waals surface area (Å²) >= 11 is 0. The largest absolute Gasteiger partial charge is 0.442 e. The molecule has 8 nitrogen and oxygen atoms in total. The second-order valence-corrected chi connectivity index (χ2v) is 9.38. The Kier molecular flexibility index (Phi) is 5.92. The van der Waals surface area contributed by atoms with Crippen molar-refractivity contribution in [2.45, 2.75) is 23.8 Å². The van der Waals surface area contributed by atoms with E-state index < -0.39 is 33.9 Å². The van der Waals surface area contributed by atoms with Gasteiger partial charge in [-0.2, -0.15) is 4.31 Å². The van der Waals surface area contributed by atoms with Crippen LogP contribution in [0.2, 0.25) is 0 Å². The molecule has 2 saturated heterocycles. The van der Waals surface area contributed by atoms with Gasteiger partial charge < -0.3 is 10.1 Å². The number of benzene rings is 2. The van der Waals surface area contributed by atoms with Crippen LogP contribution in [-0.2, 0) is 14.8 Å². The molecule has 0 aliphatic carbocycles. The van der Waals surface area contributed by atoms with Gasteiger partial charge in [-0.3, -0.25) is 9.69 Å². The number of rotatable bonds is 6. The second-order valence-electron chi connectivity index (χ2n) is 7.44. The number of hydrogen-bond acceptors (Lipinski definition) is 5. The van der Waals surface area contributed by atoms with Crippen molar-refractivity contribution >= 4 is 27.7 Å². The Morgan fingerprint density at radius 3 is 2.35 bits per heavy atom. The van der Waals surface area contributed by atoms with Gasteiger partial charge in [-0.25, -0.2) is 17.6 Å². The van der Waals surface area contributed by atoms with Gasteiger partial charge in [0.05, 0.1) is 18.0 Å². The van der Waals surface area contributed by atoms with Gasteiger partial charge >= 0.3 is 6.09 Å². The Bertz CT molecular complexity index is 1070. The summed E-state index contributed by atoms with van der Waals surface area (Å²) in [4.78, 5) is 26.0. The Morgan fingerprint density at radius 1 is 1.06 bits per heavy atom. The van der Waals surface area contributed by atoms with Crippen LogP contribution >= 0.6 is 0 Å². The maximum Gasteiger partial charge on any atom is 0.414 e. The second kappa shape index (κ2) is 8.64. The molecule has 2 aromatic carbocycles. The van der Waals surface area contributed by atoms with E-state index in [1.165, 1.54) is 57.7 Å². The Hall–Kier alpha value is -2.98. The molecule has 2 fully saturated rings. The van der Waals surface area contributed by atoms with Crippen molar-refractivity contribution in [3.05, 3.63) is 59.9 Å². The number of amides is 2. The van der Waals surface area contributed by atoms with Crippen LogP contribution < -0.4 is 10.2 Å². The van der Waals surface area contributed by atoms with Crippen molar-refractivity contribution in [1.82, 2.24) is 9.62 Å². The van der Waals surface area contributed by atoms with Crippen LogP contribution in [-0.4, -0.2) is 57.0 Å². The SMILES string of the molecule is O=C(NC[C@H]1CN(c2ccc(F)cc2)C(=O)O1)c1ccc(S(=O)(=O)N2CCCC2)cc1. The highest BCUT2D eigenvalue weighted by Crippen LogP contribution is 2.23. The zero-order chi connectivity index (χ0) is 22.0. The first-order valence-electron chi connectivity index (χ1n) is 9.97. The third-order valence-electron chi connectivity index (χ3n) is 5.32. The van der Waals surface area contributed by atoms with Gasteiger partial charge in [0.25, 0.3) is 5.91 Å². The summed E-state index contributed by atoms with van der Waals surface area (Å²) in [5.41, 5.74) is 0.815. The fourth-order valence-corrected chi connectivity index (χ4v) is 5.14. The molecule has 0 spiro atoms. The van der Waals surface area contributed by atoms with Gasteiger partial charge in [0, 0.05) is 24.3 Å². The van der Waals surface area contributed by atoms with Crippen LogP contribution in [0.4, 0.5) is 14.9 Å². The van der Waals surface area contributed by atoms with Crippen LogP contribution in [0.25, 0.3) is 0 Å². The first-order valence-corrected chi connectivity index (χ1v) is 11.4. The smallest absolute Gasteiger partial charge is 0.414 e. The van der Waals surface area contributed by atoms with E-state index in [2.05, 4.69) is 5.32 Å². The number of cyclic esters (lactones) is 1. The maximum atomic E-state index is 13.1. The summed E-state index contributed by atoms with van der Waals surface area (Å²) in [7, 11) is -3.53. The highest BCUT2D eigenvalue weighted by Gasteiger charge is 2.32. The summed E-state index contributed by atoms with van der Waals surface area (Å²) in [6.45, 7) is 1.34. The number of nitrogens with zero attached hydrogens (tertiary/aromatic N) is 2. The Balaban J connectivity index is 1.34. The number of hydrogen-bond donors (Lipinski definition) is 1. The number of carbonyl (C=O) groups is 2. The molecule has 2 aliphatic rings. The molecule has 10 heteroatoms. The van der Waals surface area contributed by atoms with Crippen LogP contribution in [0.3, 0.4) is 0 Å². The van der Waals surface area contributed by atoms with Crippen LogP contribution in [0.5, 0.6) is 0 Å². The Labute approximate surface area is 179 Å². The predicted octanol–water partition coefficient (Wildman–Crippen LogP) is 2.37. The molecule has 2 aliphatic heterocycles. The molecule has 1 atom stereocenters. The van der Waals surface area contributed by atoms with Crippen LogP contribution in [0.15, 0.2) is 53.4 Å².